The van der Waals surface area contributed by atoms with Gasteiger partial charge in [-0.3, -0.25) is 14.4 Å². The fourth-order valence-electron chi connectivity index (χ4n) is 1.97. The first kappa shape index (κ1) is 10.9. The normalized spacial score (nSPS) is 13.2. The van der Waals surface area contributed by atoms with E-state index in [2.05, 4.69) is 0 Å². The molecule has 0 saturated carbocycles. The Morgan fingerprint density at radius 2 is 1.61 bits per heavy atom. The lowest BCUT2D eigenvalue weighted by atomic mass is 9.89. The third-order valence-corrected chi connectivity index (χ3v) is 2.98. The summed E-state index contributed by atoms with van der Waals surface area (Å²) in [6, 6.07) is 7.64. The van der Waals surface area contributed by atoms with Crippen LogP contribution in [0.3, 0.4) is 0 Å². The molecule has 0 radical (unpaired) electrons. The fourth-order valence-corrected chi connectivity index (χ4v) is 2.06. The lowest BCUT2D eigenvalue weighted by molar-refractivity contribution is 0.0955. The van der Waals surface area contributed by atoms with Gasteiger partial charge in [0.05, 0.1) is 5.56 Å². The van der Waals surface area contributed by atoms with Gasteiger partial charge in [-0.25, -0.2) is 0 Å². The van der Waals surface area contributed by atoms with Gasteiger partial charge < -0.3 is 4.42 Å². The SMILES string of the molecule is O=C(Cl)c1cc2c(o1)C(=O)c1ccccc1C2=O. The monoisotopic (exact) mass is 260 g/mol. The minimum Gasteiger partial charge on any atom is -0.447 e. The summed E-state index contributed by atoms with van der Waals surface area (Å²) in [6.07, 6.45) is 0. The maximum atomic E-state index is 12.1. The maximum absolute atomic E-state index is 12.1. The highest BCUT2D eigenvalue weighted by Crippen LogP contribution is 2.29. The van der Waals surface area contributed by atoms with Gasteiger partial charge in [-0.05, 0) is 11.6 Å². The molecule has 1 aliphatic rings. The number of hydrogen-bond donors (Lipinski definition) is 0. The molecule has 88 valence electrons. The first-order valence-corrected chi connectivity index (χ1v) is 5.49. The summed E-state index contributed by atoms with van der Waals surface area (Å²) in [6.45, 7) is 0. The Morgan fingerprint density at radius 1 is 1.00 bits per heavy atom. The number of rotatable bonds is 1. The van der Waals surface area contributed by atoms with Gasteiger partial charge in [-0.15, -0.1) is 0 Å². The second kappa shape index (κ2) is 3.65. The van der Waals surface area contributed by atoms with E-state index in [1.807, 2.05) is 0 Å². The summed E-state index contributed by atoms with van der Waals surface area (Å²) in [7, 11) is 0. The standard InChI is InChI=1S/C13H5ClO4/c14-13(17)9-5-8-10(15)6-3-1-2-4-7(6)11(16)12(8)18-9/h1-5H. The Hall–Kier alpha value is -2.20. The zero-order valence-corrected chi connectivity index (χ0v) is 9.65. The molecular weight excluding hydrogens is 256 g/mol. The molecule has 0 spiro atoms. The Balaban J connectivity index is 2.27. The van der Waals surface area contributed by atoms with Crippen molar-refractivity contribution in [1.29, 1.82) is 0 Å². The van der Waals surface area contributed by atoms with Crippen molar-refractivity contribution < 1.29 is 18.8 Å². The average Bonchev–Trinajstić information content (AvgIpc) is 2.81. The van der Waals surface area contributed by atoms with Gasteiger partial charge in [0, 0.05) is 17.2 Å². The molecule has 1 aliphatic carbocycles. The Kier molecular flexibility index (Phi) is 2.21. The van der Waals surface area contributed by atoms with Crippen LogP contribution in [0.2, 0.25) is 0 Å². The average molecular weight is 261 g/mol. The summed E-state index contributed by atoms with van der Waals surface area (Å²) in [5.41, 5.74) is 0.671. The van der Waals surface area contributed by atoms with Crippen LogP contribution in [0, 0.1) is 0 Å². The Labute approximate surface area is 106 Å². The molecule has 4 nitrogen and oxygen atoms in total. The van der Waals surface area contributed by atoms with Gasteiger partial charge in [0.25, 0.3) is 5.24 Å². The third-order valence-electron chi connectivity index (χ3n) is 2.79. The number of carbonyl (C=O) groups is 3. The predicted octanol–water partition coefficient (Wildman–Crippen LogP) is 2.43. The van der Waals surface area contributed by atoms with E-state index in [1.165, 1.54) is 6.07 Å². The van der Waals surface area contributed by atoms with Crippen molar-refractivity contribution >= 4 is 28.4 Å². The number of benzene rings is 1. The molecule has 18 heavy (non-hydrogen) atoms. The van der Waals surface area contributed by atoms with Crippen molar-refractivity contribution in [1.82, 2.24) is 0 Å². The number of hydrogen-bond acceptors (Lipinski definition) is 4. The van der Waals surface area contributed by atoms with Crippen LogP contribution in [-0.4, -0.2) is 16.8 Å². The third kappa shape index (κ3) is 1.36. The van der Waals surface area contributed by atoms with E-state index in [0.717, 1.165) is 0 Å². The molecule has 0 amide bonds. The van der Waals surface area contributed by atoms with Crippen molar-refractivity contribution in [3.63, 3.8) is 0 Å². The zero-order chi connectivity index (χ0) is 12.9. The molecule has 1 aromatic heterocycles. The van der Waals surface area contributed by atoms with E-state index in [4.69, 9.17) is 16.0 Å². The van der Waals surface area contributed by atoms with Gasteiger partial charge in [0.15, 0.2) is 17.3 Å². The van der Waals surface area contributed by atoms with E-state index < -0.39 is 11.0 Å². The fraction of sp³-hybridized carbons (Fsp3) is 0. The molecule has 1 aromatic carbocycles. The summed E-state index contributed by atoms with van der Waals surface area (Å²) in [4.78, 5) is 35.2. The number of halogens is 1. The summed E-state index contributed by atoms with van der Waals surface area (Å²) in [5.74, 6) is -1.07. The molecule has 3 rings (SSSR count). The van der Waals surface area contributed by atoms with Gasteiger partial charge in [0.1, 0.15) is 0 Å². The van der Waals surface area contributed by atoms with E-state index in [9.17, 15) is 14.4 Å². The van der Waals surface area contributed by atoms with Crippen LogP contribution in [0.5, 0.6) is 0 Å². The van der Waals surface area contributed by atoms with Crippen molar-refractivity contribution in [2.24, 2.45) is 0 Å². The predicted molar refractivity (Wildman–Crippen MR) is 62.2 cm³/mol. The van der Waals surface area contributed by atoms with E-state index in [1.54, 1.807) is 24.3 Å². The first-order chi connectivity index (χ1) is 8.59. The molecular formula is C13H5ClO4. The van der Waals surface area contributed by atoms with Crippen molar-refractivity contribution in [2.45, 2.75) is 0 Å². The Bertz CT molecular complexity index is 659. The smallest absolute Gasteiger partial charge is 0.287 e. The highest BCUT2D eigenvalue weighted by molar-refractivity contribution is 6.67. The van der Waals surface area contributed by atoms with Crippen LogP contribution in [0.15, 0.2) is 34.7 Å². The van der Waals surface area contributed by atoms with Crippen LogP contribution in [0.25, 0.3) is 0 Å². The summed E-state index contributed by atoms with van der Waals surface area (Å²) >= 11 is 5.27. The zero-order valence-electron chi connectivity index (χ0n) is 8.90. The van der Waals surface area contributed by atoms with Crippen molar-refractivity contribution in [2.75, 3.05) is 0 Å². The van der Waals surface area contributed by atoms with Gasteiger partial charge in [0.2, 0.25) is 5.78 Å². The molecule has 0 N–H and O–H groups in total. The quantitative estimate of drug-likeness (QED) is 0.630. The lowest BCUT2D eigenvalue weighted by Gasteiger charge is -2.11. The van der Waals surface area contributed by atoms with E-state index in [-0.39, 0.29) is 28.4 Å². The number of furan rings is 1. The van der Waals surface area contributed by atoms with E-state index in [0.29, 0.717) is 5.56 Å². The molecule has 0 bridgehead atoms. The van der Waals surface area contributed by atoms with E-state index >= 15 is 0 Å². The number of ketones is 2. The second-order valence-corrected chi connectivity index (χ2v) is 4.17. The molecule has 0 fully saturated rings. The van der Waals surface area contributed by atoms with Crippen LogP contribution in [0.4, 0.5) is 0 Å². The molecule has 0 atom stereocenters. The summed E-state index contributed by atoms with van der Waals surface area (Å²) in [5, 5.41) is -0.839. The second-order valence-electron chi connectivity index (χ2n) is 3.83. The molecule has 0 saturated heterocycles. The summed E-state index contributed by atoms with van der Waals surface area (Å²) < 4.78 is 5.06. The number of fused-ring (bicyclic) bond motifs is 2. The first-order valence-electron chi connectivity index (χ1n) is 5.11. The molecule has 2 aromatic rings. The minimum absolute atomic E-state index is 0.0858. The van der Waals surface area contributed by atoms with Gasteiger partial charge in [-0.1, -0.05) is 24.3 Å². The largest absolute Gasteiger partial charge is 0.447 e. The maximum Gasteiger partial charge on any atom is 0.287 e. The van der Waals surface area contributed by atoms with Crippen molar-refractivity contribution in [3.05, 3.63) is 58.5 Å². The molecule has 1 heterocycles. The van der Waals surface area contributed by atoms with Crippen LogP contribution >= 0.6 is 11.6 Å². The minimum atomic E-state index is -0.839. The molecule has 0 unspecified atom stereocenters. The Morgan fingerprint density at radius 3 is 2.22 bits per heavy atom. The van der Waals surface area contributed by atoms with Crippen molar-refractivity contribution in [3.8, 4) is 0 Å². The van der Waals surface area contributed by atoms with Gasteiger partial charge in [-0.2, -0.15) is 0 Å². The van der Waals surface area contributed by atoms with Crippen LogP contribution < -0.4 is 0 Å². The topological polar surface area (TPSA) is 64.3 Å². The lowest BCUT2D eigenvalue weighted by Crippen LogP contribution is -2.18. The van der Waals surface area contributed by atoms with Crippen LogP contribution in [-0.2, 0) is 0 Å². The van der Waals surface area contributed by atoms with Crippen LogP contribution in [0.1, 0.15) is 42.6 Å². The van der Waals surface area contributed by atoms with Gasteiger partial charge >= 0.3 is 0 Å². The molecule has 5 heteroatoms. The molecule has 0 aliphatic heterocycles. The highest BCUT2D eigenvalue weighted by atomic mass is 35.5. The highest BCUT2D eigenvalue weighted by Gasteiger charge is 2.34. The number of carbonyl (C=O) groups excluding carboxylic acids is 3.